The summed E-state index contributed by atoms with van der Waals surface area (Å²) in [6, 6.07) is 3.72. The second-order valence-corrected chi connectivity index (χ2v) is 3.19. The Bertz CT molecular complexity index is 278. The average Bonchev–Trinajstić information content (AvgIpc) is 2.03. The van der Waals surface area contributed by atoms with Crippen LogP contribution in [-0.2, 0) is 0 Å². The minimum absolute atomic E-state index is 0.360. The van der Waals surface area contributed by atoms with Crippen molar-refractivity contribution in [1.82, 2.24) is 0 Å². The third-order valence-corrected chi connectivity index (χ3v) is 2.15. The van der Waals surface area contributed by atoms with Crippen molar-refractivity contribution in [3.8, 4) is 0 Å². The Labute approximate surface area is 77.2 Å². The van der Waals surface area contributed by atoms with E-state index in [2.05, 4.69) is 15.9 Å². The fraction of sp³-hybridized carbons (Fsp3) is 0.250. The number of halogens is 3. The van der Waals surface area contributed by atoms with Gasteiger partial charge in [0.1, 0.15) is 18.6 Å². The van der Waals surface area contributed by atoms with Gasteiger partial charge in [0, 0.05) is 4.47 Å². The lowest BCUT2D eigenvalue weighted by Crippen LogP contribution is -2.00. The number of alkyl halides is 1. The lowest BCUT2D eigenvalue weighted by molar-refractivity contribution is 0.141. The molecule has 0 spiro atoms. The van der Waals surface area contributed by atoms with Crippen LogP contribution in [0.4, 0.5) is 8.78 Å². The topological polar surface area (TPSA) is 20.2 Å². The molecule has 1 unspecified atom stereocenters. The lowest BCUT2D eigenvalue weighted by Gasteiger charge is -2.07. The highest BCUT2D eigenvalue weighted by molar-refractivity contribution is 9.10. The molecule has 66 valence electrons. The molecule has 0 saturated heterocycles. The van der Waals surface area contributed by atoms with Crippen molar-refractivity contribution < 1.29 is 13.9 Å². The van der Waals surface area contributed by atoms with Crippen molar-refractivity contribution in [3.05, 3.63) is 34.1 Å². The molecular formula is C8H7BrF2O. The highest BCUT2D eigenvalue weighted by Gasteiger charge is 2.10. The van der Waals surface area contributed by atoms with E-state index < -0.39 is 18.6 Å². The molecule has 0 amide bonds. The quantitative estimate of drug-likeness (QED) is 0.838. The molecule has 0 heterocycles. The fourth-order valence-corrected chi connectivity index (χ4v) is 1.47. The lowest BCUT2D eigenvalue weighted by atomic mass is 10.1. The summed E-state index contributed by atoms with van der Waals surface area (Å²) in [7, 11) is 0. The van der Waals surface area contributed by atoms with E-state index in [0.29, 0.717) is 10.0 Å². The molecule has 1 aromatic carbocycles. The van der Waals surface area contributed by atoms with Gasteiger partial charge in [-0.25, -0.2) is 8.78 Å². The summed E-state index contributed by atoms with van der Waals surface area (Å²) in [5.41, 5.74) is 0.360. The van der Waals surface area contributed by atoms with E-state index in [4.69, 9.17) is 5.11 Å². The zero-order chi connectivity index (χ0) is 9.14. The van der Waals surface area contributed by atoms with Crippen LogP contribution in [0.25, 0.3) is 0 Å². The molecule has 0 saturated carbocycles. The molecule has 0 aromatic heterocycles. The van der Waals surface area contributed by atoms with E-state index in [0.717, 1.165) is 0 Å². The van der Waals surface area contributed by atoms with E-state index in [1.54, 1.807) is 0 Å². The standard InChI is InChI=1S/C8H7BrF2O/c9-7-3-5(11)1-2-6(7)8(12)4-10/h1-3,8,12H,4H2. The predicted molar refractivity (Wildman–Crippen MR) is 45.0 cm³/mol. The first-order valence-corrected chi connectivity index (χ1v) is 4.13. The third kappa shape index (κ3) is 2.01. The second kappa shape index (κ2) is 3.96. The number of hydrogen-bond donors (Lipinski definition) is 1. The van der Waals surface area contributed by atoms with Crippen LogP contribution in [0.5, 0.6) is 0 Å². The van der Waals surface area contributed by atoms with Gasteiger partial charge in [-0.2, -0.15) is 0 Å². The van der Waals surface area contributed by atoms with Crippen LogP contribution in [0.1, 0.15) is 11.7 Å². The molecule has 1 nitrogen and oxygen atoms in total. The zero-order valence-electron chi connectivity index (χ0n) is 6.10. The van der Waals surface area contributed by atoms with Crippen molar-refractivity contribution in [2.75, 3.05) is 6.67 Å². The van der Waals surface area contributed by atoms with Crippen LogP contribution in [-0.4, -0.2) is 11.8 Å². The first-order valence-electron chi connectivity index (χ1n) is 3.34. The summed E-state index contributed by atoms with van der Waals surface area (Å²) < 4.78 is 24.9. The van der Waals surface area contributed by atoms with Crippen LogP contribution < -0.4 is 0 Å². The van der Waals surface area contributed by atoms with Gasteiger partial charge >= 0.3 is 0 Å². The normalized spacial score (nSPS) is 13.0. The third-order valence-electron chi connectivity index (χ3n) is 1.47. The molecule has 1 rings (SSSR count). The highest BCUT2D eigenvalue weighted by Crippen LogP contribution is 2.24. The van der Waals surface area contributed by atoms with Gasteiger partial charge in [0.25, 0.3) is 0 Å². The van der Waals surface area contributed by atoms with E-state index in [-0.39, 0.29) is 0 Å². The van der Waals surface area contributed by atoms with E-state index in [1.165, 1.54) is 18.2 Å². The van der Waals surface area contributed by atoms with Gasteiger partial charge in [-0.15, -0.1) is 0 Å². The summed E-state index contributed by atoms with van der Waals surface area (Å²) in [5.74, 6) is -0.420. The fourth-order valence-electron chi connectivity index (χ4n) is 0.855. The molecule has 0 radical (unpaired) electrons. The molecule has 12 heavy (non-hydrogen) atoms. The van der Waals surface area contributed by atoms with E-state index in [9.17, 15) is 8.78 Å². The van der Waals surface area contributed by atoms with Crippen LogP contribution >= 0.6 is 15.9 Å². The summed E-state index contributed by atoms with van der Waals surface area (Å²) in [5, 5.41) is 9.07. The van der Waals surface area contributed by atoms with Crippen molar-refractivity contribution in [3.63, 3.8) is 0 Å². The SMILES string of the molecule is OC(CF)c1ccc(F)cc1Br. The molecular weight excluding hydrogens is 230 g/mol. The van der Waals surface area contributed by atoms with Crippen molar-refractivity contribution in [1.29, 1.82) is 0 Å². The molecule has 1 N–H and O–H groups in total. The Morgan fingerprint density at radius 1 is 1.50 bits per heavy atom. The minimum Gasteiger partial charge on any atom is -0.386 e. The van der Waals surface area contributed by atoms with Crippen LogP contribution in [0.15, 0.2) is 22.7 Å². The van der Waals surface area contributed by atoms with Gasteiger partial charge in [-0.3, -0.25) is 0 Å². The van der Waals surface area contributed by atoms with Crippen LogP contribution in [0, 0.1) is 5.82 Å². The van der Waals surface area contributed by atoms with Crippen molar-refractivity contribution >= 4 is 15.9 Å². The maximum Gasteiger partial charge on any atom is 0.124 e. The molecule has 0 bridgehead atoms. The summed E-state index contributed by atoms with van der Waals surface area (Å²) in [6.07, 6.45) is -1.18. The highest BCUT2D eigenvalue weighted by atomic mass is 79.9. The minimum atomic E-state index is -1.18. The average molecular weight is 237 g/mol. The maximum atomic E-state index is 12.5. The maximum absolute atomic E-state index is 12.5. The van der Waals surface area contributed by atoms with E-state index >= 15 is 0 Å². The number of hydrogen-bond acceptors (Lipinski definition) is 1. The molecule has 0 aliphatic carbocycles. The van der Waals surface area contributed by atoms with Gasteiger partial charge < -0.3 is 5.11 Å². The number of benzene rings is 1. The van der Waals surface area contributed by atoms with Gasteiger partial charge in [-0.05, 0) is 17.7 Å². The Balaban J connectivity index is 3.01. The van der Waals surface area contributed by atoms with Crippen molar-refractivity contribution in [2.24, 2.45) is 0 Å². The Morgan fingerprint density at radius 2 is 2.17 bits per heavy atom. The molecule has 1 aromatic rings. The first-order chi connectivity index (χ1) is 5.65. The second-order valence-electron chi connectivity index (χ2n) is 2.34. The number of aliphatic hydroxyl groups is 1. The summed E-state index contributed by atoms with van der Waals surface area (Å²) in [6.45, 7) is -0.871. The van der Waals surface area contributed by atoms with Gasteiger partial charge in [0.2, 0.25) is 0 Å². The predicted octanol–water partition coefficient (Wildman–Crippen LogP) is 2.59. The molecule has 0 aliphatic rings. The Hall–Kier alpha value is -0.480. The van der Waals surface area contributed by atoms with Gasteiger partial charge in [0.05, 0.1) is 0 Å². The van der Waals surface area contributed by atoms with Crippen LogP contribution in [0.2, 0.25) is 0 Å². The number of aliphatic hydroxyl groups excluding tert-OH is 1. The van der Waals surface area contributed by atoms with Gasteiger partial charge in [-0.1, -0.05) is 22.0 Å². The Morgan fingerprint density at radius 3 is 2.67 bits per heavy atom. The van der Waals surface area contributed by atoms with Crippen LogP contribution in [0.3, 0.4) is 0 Å². The monoisotopic (exact) mass is 236 g/mol. The summed E-state index contributed by atoms with van der Waals surface area (Å²) >= 11 is 3.02. The molecule has 4 heteroatoms. The smallest absolute Gasteiger partial charge is 0.124 e. The zero-order valence-corrected chi connectivity index (χ0v) is 7.68. The molecule has 1 atom stereocenters. The molecule has 0 fully saturated rings. The largest absolute Gasteiger partial charge is 0.386 e. The first kappa shape index (κ1) is 9.61. The summed E-state index contributed by atoms with van der Waals surface area (Å²) in [4.78, 5) is 0. The van der Waals surface area contributed by atoms with E-state index in [1.807, 2.05) is 0 Å². The Kier molecular flexibility index (Phi) is 3.17. The van der Waals surface area contributed by atoms with Crippen molar-refractivity contribution in [2.45, 2.75) is 6.10 Å². The molecule has 0 aliphatic heterocycles. The number of rotatable bonds is 2. The van der Waals surface area contributed by atoms with Gasteiger partial charge in [0.15, 0.2) is 0 Å².